The standard InChI is InChI=1S/C12H22N2O7/c1-13-7-3-4-9(8-13)5-6-10(15,16)11(17,18)12(19,20)14(2)21/h3-4,7,15-21H,5-6,8H2,1-2H3. The van der Waals surface area contributed by atoms with E-state index in [-0.39, 0.29) is 11.5 Å². The Morgan fingerprint density at radius 3 is 2.24 bits per heavy atom. The Bertz CT molecular complexity index is 429. The Hall–Kier alpha value is -1.04. The number of hydrogen-bond donors (Lipinski definition) is 7. The summed E-state index contributed by atoms with van der Waals surface area (Å²) in [5, 5.41) is 66.3. The van der Waals surface area contributed by atoms with Gasteiger partial charge in [-0.3, -0.25) is 0 Å². The first-order valence-electron chi connectivity index (χ1n) is 6.25. The second-order valence-electron chi connectivity index (χ2n) is 5.23. The van der Waals surface area contributed by atoms with Crippen LogP contribution in [0, 0.1) is 0 Å². The summed E-state index contributed by atoms with van der Waals surface area (Å²) in [5.41, 5.74) is 0.780. The summed E-state index contributed by atoms with van der Waals surface area (Å²) < 4.78 is 0. The lowest BCUT2D eigenvalue weighted by Crippen LogP contribution is -2.73. The topological polar surface area (TPSA) is 148 Å². The van der Waals surface area contributed by atoms with Gasteiger partial charge in [-0.1, -0.05) is 11.6 Å². The van der Waals surface area contributed by atoms with Crippen molar-refractivity contribution in [3.8, 4) is 0 Å². The predicted octanol–water partition coefficient (Wildman–Crippen LogP) is -2.53. The molecule has 0 unspecified atom stereocenters. The van der Waals surface area contributed by atoms with Gasteiger partial charge in [0.2, 0.25) is 5.79 Å². The molecule has 0 fully saturated rings. The van der Waals surface area contributed by atoms with E-state index in [9.17, 15) is 30.6 Å². The highest BCUT2D eigenvalue weighted by Gasteiger charge is 2.63. The normalized spacial score (nSPS) is 17.4. The van der Waals surface area contributed by atoms with Crippen LogP contribution in [0.1, 0.15) is 12.8 Å². The highest BCUT2D eigenvalue weighted by molar-refractivity contribution is 5.18. The smallest absolute Gasteiger partial charge is 0.309 e. The fourth-order valence-corrected chi connectivity index (χ4v) is 1.92. The van der Waals surface area contributed by atoms with Crippen LogP contribution in [0.25, 0.3) is 0 Å². The second-order valence-corrected chi connectivity index (χ2v) is 5.23. The minimum absolute atomic E-state index is 0.0653. The lowest BCUT2D eigenvalue weighted by molar-refractivity contribution is -0.512. The Kier molecular flexibility index (Phi) is 5.13. The van der Waals surface area contributed by atoms with Gasteiger partial charge in [0.1, 0.15) is 0 Å². The van der Waals surface area contributed by atoms with Gasteiger partial charge in [-0.15, -0.1) is 5.06 Å². The summed E-state index contributed by atoms with van der Waals surface area (Å²) in [5.74, 6) is -10.7. The van der Waals surface area contributed by atoms with Crippen molar-refractivity contribution < 1.29 is 35.8 Å². The van der Waals surface area contributed by atoms with Gasteiger partial charge in [0.15, 0.2) is 0 Å². The summed E-state index contributed by atoms with van der Waals surface area (Å²) >= 11 is 0. The van der Waals surface area contributed by atoms with E-state index in [1.807, 2.05) is 18.1 Å². The van der Waals surface area contributed by atoms with Gasteiger partial charge in [0, 0.05) is 27.1 Å². The van der Waals surface area contributed by atoms with E-state index in [0.29, 0.717) is 13.6 Å². The summed E-state index contributed by atoms with van der Waals surface area (Å²) in [4.78, 5) is 1.83. The lowest BCUT2D eigenvalue weighted by atomic mass is 9.94. The van der Waals surface area contributed by atoms with Gasteiger partial charge in [-0.05, 0) is 18.7 Å². The van der Waals surface area contributed by atoms with Crippen LogP contribution in [0.2, 0.25) is 0 Å². The van der Waals surface area contributed by atoms with Crippen LogP contribution in [0.4, 0.5) is 0 Å². The number of hydrogen-bond acceptors (Lipinski definition) is 9. The molecule has 21 heavy (non-hydrogen) atoms. The quantitative estimate of drug-likeness (QED) is 0.208. The monoisotopic (exact) mass is 306 g/mol. The van der Waals surface area contributed by atoms with Crippen molar-refractivity contribution in [2.24, 2.45) is 0 Å². The first-order chi connectivity index (χ1) is 9.42. The van der Waals surface area contributed by atoms with Crippen LogP contribution < -0.4 is 0 Å². The largest absolute Gasteiger partial charge is 0.376 e. The Morgan fingerprint density at radius 1 is 1.19 bits per heavy atom. The summed E-state index contributed by atoms with van der Waals surface area (Å²) in [7, 11) is 2.52. The molecule has 0 spiro atoms. The Balaban J connectivity index is 2.81. The zero-order chi connectivity index (χ0) is 16.5. The number of hydroxylamine groups is 2. The van der Waals surface area contributed by atoms with Crippen molar-refractivity contribution in [1.29, 1.82) is 0 Å². The first kappa shape index (κ1) is 18.0. The molecule has 1 rings (SSSR count). The van der Waals surface area contributed by atoms with Crippen molar-refractivity contribution in [3.05, 3.63) is 23.9 Å². The molecule has 0 saturated carbocycles. The molecule has 1 aliphatic heterocycles. The molecule has 0 aliphatic carbocycles. The van der Waals surface area contributed by atoms with Crippen molar-refractivity contribution in [1.82, 2.24) is 9.96 Å². The molecule has 0 aromatic carbocycles. The van der Waals surface area contributed by atoms with E-state index in [1.54, 1.807) is 12.2 Å². The van der Waals surface area contributed by atoms with Crippen LogP contribution in [0.3, 0.4) is 0 Å². The average molecular weight is 306 g/mol. The van der Waals surface area contributed by atoms with Gasteiger partial charge < -0.3 is 40.7 Å². The predicted molar refractivity (Wildman–Crippen MR) is 70.1 cm³/mol. The van der Waals surface area contributed by atoms with Gasteiger partial charge in [0.05, 0.1) is 0 Å². The molecule has 0 radical (unpaired) electrons. The molecule has 0 aromatic rings. The van der Waals surface area contributed by atoms with Crippen molar-refractivity contribution in [3.63, 3.8) is 0 Å². The van der Waals surface area contributed by atoms with Crippen LogP contribution in [0.5, 0.6) is 0 Å². The molecule has 0 saturated heterocycles. The number of nitrogens with zero attached hydrogens (tertiary/aromatic N) is 2. The average Bonchev–Trinajstić information content (AvgIpc) is 2.36. The molecule has 9 heteroatoms. The van der Waals surface area contributed by atoms with E-state index < -0.39 is 23.9 Å². The SMILES string of the molecule is CN1C=CC=C(CCC(O)(O)C(O)(O)C(O)(O)N(C)O)C1. The second kappa shape index (κ2) is 5.99. The van der Waals surface area contributed by atoms with Gasteiger partial charge in [-0.2, -0.15) is 0 Å². The molecule has 0 aromatic heterocycles. The minimum atomic E-state index is -3.81. The van der Waals surface area contributed by atoms with Crippen LogP contribution in [-0.2, 0) is 0 Å². The Labute approximate surface area is 121 Å². The van der Waals surface area contributed by atoms with Crippen molar-refractivity contribution in [2.75, 3.05) is 20.6 Å². The number of likely N-dealkylation sites (N-methyl/N-ethyl adjacent to an activating group) is 2. The van der Waals surface area contributed by atoms with E-state index in [0.717, 1.165) is 5.57 Å². The van der Waals surface area contributed by atoms with E-state index in [2.05, 4.69) is 0 Å². The zero-order valence-electron chi connectivity index (χ0n) is 11.9. The maximum Gasteiger partial charge on any atom is 0.309 e. The number of allylic oxidation sites excluding steroid dienone is 2. The third-order valence-corrected chi connectivity index (χ3v) is 3.40. The van der Waals surface area contributed by atoms with E-state index >= 15 is 0 Å². The lowest BCUT2D eigenvalue weighted by Gasteiger charge is -2.44. The molecule has 7 N–H and O–H groups in total. The molecule has 122 valence electrons. The fourth-order valence-electron chi connectivity index (χ4n) is 1.92. The minimum Gasteiger partial charge on any atom is -0.376 e. The zero-order valence-corrected chi connectivity index (χ0v) is 11.9. The summed E-state index contributed by atoms with van der Waals surface area (Å²) in [6.07, 6.45) is 4.75. The highest BCUT2D eigenvalue weighted by Crippen LogP contribution is 2.33. The molecule has 1 heterocycles. The van der Waals surface area contributed by atoms with Gasteiger partial charge in [0.25, 0.3) is 5.79 Å². The van der Waals surface area contributed by atoms with Gasteiger partial charge in [-0.25, -0.2) is 0 Å². The third kappa shape index (κ3) is 3.59. The van der Waals surface area contributed by atoms with Crippen LogP contribution in [0.15, 0.2) is 23.9 Å². The summed E-state index contributed by atoms with van der Waals surface area (Å²) in [6.45, 7) is 0.514. The van der Waals surface area contributed by atoms with Gasteiger partial charge >= 0.3 is 5.91 Å². The molecule has 0 bridgehead atoms. The highest BCUT2D eigenvalue weighted by atomic mass is 16.7. The molecule has 9 nitrogen and oxygen atoms in total. The Morgan fingerprint density at radius 2 is 1.76 bits per heavy atom. The molecule has 0 atom stereocenters. The van der Waals surface area contributed by atoms with E-state index in [1.165, 1.54) is 0 Å². The molecular formula is C12H22N2O7. The first-order valence-corrected chi connectivity index (χ1v) is 6.25. The number of rotatable bonds is 6. The van der Waals surface area contributed by atoms with Crippen molar-refractivity contribution >= 4 is 0 Å². The summed E-state index contributed by atoms with van der Waals surface area (Å²) in [6, 6.07) is 0. The molecule has 0 amide bonds. The number of aliphatic hydroxyl groups is 6. The molecular weight excluding hydrogens is 284 g/mol. The maximum absolute atomic E-state index is 9.76. The molecule has 1 aliphatic rings. The fraction of sp³-hybridized carbons (Fsp3) is 0.667. The third-order valence-electron chi connectivity index (χ3n) is 3.40. The van der Waals surface area contributed by atoms with Crippen molar-refractivity contribution in [2.45, 2.75) is 30.3 Å². The van der Waals surface area contributed by atoms with Crippen LogP contribution in [-0.4, -0.2) is 83.9 Å². The maximum atomic E-state index is 9.76. The van der Waals surface area contributed by atoms with Crippen LogP contribution >= 0.6 is 0 Å². The van der Waals surface area contributed by atoms with E-state index in [4.69, 9.17) is 5.21 Å².